The Morgan fingerprint density at radius 1 is 1.35 bits per heavy atom. The van der Waals surface area contributed by atoms with Gasteiger partial charge in [-0.15, -0.1) is 0 Å². The van der Waals surface area contributed by atoms with E-state index in [-0.39, 0.29) is 18.2 Å². The maximum absolute atomic E-state index is 12.3. The van der Waals surface area contributed by atoms with Crippen LogP contribution in [0.4, 0.5) is 5.69 Å². The van der Waals surface area contributed by atoms with Crippen LogP contribution in [-0.2, 0) is 16.1 Å². The monoisotopic (exact) mass is 375 g/mol. The molecule has 0 fully saturated rings. The van der Waals surface area contributed by atoms with E-state index in [9.17, 15) is 9.59 Å². The van der Waals surface area contributed by atoms with Crippen molar-refractivity contribution in [2.75, 3.05) is 19.0 Å². The highest BCUT2D eigenvalue weighted by Crippen LogP contribution is 2.31. The minimum atomic E-state index is -0.206. The predicted octanol–water partition coefficient (Wildman–Crippen LogP) is 3.43. The molecule has 0 unspecified atom stereocenters. The molecule has 1 aromatic heterocycles. The molecule has 1 heterocycles. The summed E-state index contributed by atoms with van der Waals surface area (Å²) in [5.41, 5.74) is 2.31. The van der Waals surface area contributed by atoms with E-state index in [4.69, 9.17) is 16.3 Å². The molecular weight excluding hydrogens is 354 g/mol. The van der Waals surface area contributed by atoms with Crippen molar-refractivity contribution in [3.8, 4) is 5.75 Å². The second-order valence-corrected chi connectivity index (χ2v) is 6.31. The van der Waals surface area contributed by atoms with E-state index in [0.717, 1.165) is 11.1 Å². The molecule has 0 bridgehead atoms. The molecule has 2 amide bonds. The van der Waals surface area contributed by atoms with Gasteiger partial charge in [0.25, 0.3) is 0 Å². The summed E-state index contributed by atoms with van der Waals surface area (Å²) in [6.45, 7) is 4.06. The number of nitrogens with zero attached hydrogens (tertiary/aromatic N) is 2. The number of carbonyl (C=O) groups excluding carboxylic acids is 2. The average molecular weight is 376 g/mol. The Balaban J connectivity index is 1.98. The van der Waals surface area contributed by atoms with Gasteiger partial charge in [-0.3, -0.25) is 14.6 Å². The molecule has 26 heavy (non-hydrogen) atoms. The summed E-state index contributed by atoms with van der Waals surface area (Å²) in [6.07, 6.45) is 3.55. The number of rotatable bonds is 7. The standard InChI is InChI=1S/C19H22ClN3O3/c1-13-9-17(18(26-3)10-16(13)20)22-19(25)6-8-23(14(2)24)12-15-5-4-7-21-11-15/h4-5,7,9-11H,6,8,12H2,1-3H3,(H,22,25). The van der Waals surface area contributed by atoms with Crippen molar-refractivity contribution in [1.82, 2.24) is 9.88 Å². The largest absolute Gasteiger partial charge is 0.495 e. The number of anilines is 1. The van der Waals surface area contributed by atoms with Crippen LogP contribution in [0.15, 0.2) is 36.7 Å². The van der Waals surface area contributed by atoms with Crippen molar-refractivity contribution in [2.24, 2.45) is 0 Å². The lowest BCUT2D eigenvalue weighted by molar-refractivity contribution is -0.129. The maximum Gasteiger partial charge on any atom is 0.226 e. The predicted molar refractivity (Wildman–Crippen MR) is 101 cm³/mol. The van der Waals surface area contributed by atoms with E-state index in [1.807, 2.05) is 19.1 Å². The summed E-state index contributed by atoms with van der Waals surface area (Å²) in [6, 6.07) is 7.13. The van der Waals surface area contributed by atoms with Gasteiger partial charge in [0, 0.05) is 49.9 Å². The molecule has 0 aliphatic heterocycles. The van der Waals surface area contributed by atoms with Crippen molar-refractivity contribution in [1.29, 1.82) is 0 Å². The molecular formula is C19H22ClN3O3. The fourth-order valence-corrected chi connectivity index (χ4v) is 2.59. The first-order valence-corrected chi connectivity index (χ1v) is 8.57. The average Bonchev–Trinajstić information content (AvgIpc) is 2.62. The third kappa shape index (κ3) is 5.46. The molecule has 0 spiro atoms. The van der Waals surface area contributed by atoms with Crippen LogP contribution in [-0.4, -0.2) is 35.4 Å². The van der Waals surface area contributed by atoms with Crippen LogP contribution in [0.3, 0.4) is 0 Å². The number of methoxy groups -OCH3 is 1. The van der Waals surface area contributed by atoms with Gasteiger partial charge in [0.05, 0.1) is 12.8 Å². The molecule has 138 valence electrons. The van der Waals surface area contributed by atoms with Crippen LogP contribution in [0.25, 0.3) is 0 Å². The normalized spacial score (nSPS) is 10.3. The van der Waals surface area contributed by atoms with Gasteiger partial charge in [0.2, 0.25) is 11.8 Å². The molecule has 1 N–H and O–H groups in total. The smallest absolute Gasteiger partial charge is 0.226 e. The van der Waals surface area contributed by atoms with Crippen LogP contribution in [0.5, 0.6) is 5.75 Å². The van der Waals surface area contributed by atoms with Crippen LogP contribution in [0.1, 0.15) is 24.5 Å². The third-order valence-electron chi connectivity index (χ3n) is 3.91. The molecule has 0 saturated carbocycles. The third-order valence-corrected chi connectivity index (χ3v) is 4.31. The SMILES string of the molecule is COc1cc(Cl)c(C)cc1NC(=O)CCN(Cc1cccnc1)C(C)=O. The van der Waals surface area contributed by atoms with Gasteiger partial charge in [0.15, 0.2) is 0 Å². The Morgan fingerprint density at radius 3 is 2.73 bits per heavy atom. The number of aromatic nitrogens is 1. The Kier molecular flexibility index (Phi) is 6.97. The number of carbonyl (C=O) groups is 2. The second kappa shape index (κ2) is 9.20. The fraction of sp³-hybridized carbons (Fsp3) is 0.316. The van der Waals surface area contributed by atoms with Crippen molar-refractivity contribution in [3.63, 3.8) is 0 Å². The van der Waals surface area contributed by atoms with Crippen molar-refractivity contribution in [2.45, 2.75) is 26.8 Å². The number of hydrogen-bond donors (Lipinski definition) is 1. The first kappa shape index (κ1) is 19.7. The van der Waals surface area contributed by atoms with Crippen LogP contribution in [0, 0.1) is 6.92 Å². The van der Waals surface area contributed by atoms with Crippen LogP contribution >= 0.6 is 11.6 Å². The molecule has 0 saturated heterocycles. The highest BCUT2D eigenvalue weighted by molar-refractivity contribution is 6.31. The van der Waals surface area contributed by atoms with Gasteiger partial charge in [-0.25, -0.2) is 0 Å². The molecule has 0 atom stereocenters. The van der Waals surface area contributed by atoms with E-state index in [1.165, 1.54) is 14.0 Å². The van der Waals surface area contributed by atoms with Gasteiger partial charge in [-0.1, -0.05) is 17.7 Å². The zero-order valence-corrected chi connectivity index (χ0v) is 15.8. The molecule has 2 rings (SSSR count). The summed E-state index contributed by atoms with van der Waals surface area (Å²) in [4.78, 5) is 29.8. The van der Waals surface area contributed by atoms with E-state index >= 15 is 0 Å². The molecule has 1 aromatic carbocycles. The lowest BCUT2D eigenvalue weighted by Crippen LogP contribution is -2.31. The Bertz CT molecular complexity index is 781. The molecule has 2 aromatic rings. The van der Waals surface area contributed by atoms with Crippen molar-refractivity contribution < 1.29 is 14.3 Å². The molecule has 0 aliphatic rings. The summed E-state index contributed by atoms with van der Waals surface area (Å²) < 4.78 is 5.25. The number of nitrogens with one attached hydrogen (secondary N) is 1. The fourth-order valence-electron chi connectivity index (χ4n) is 2.44. The number of benzene rings is 1. The highest BCUT2D eigenvalue weighted by atomic mass is 35.5. The number of hydrogen-bond acceptors (Lipinski definition) is 4. The van der Waals surface area contributed by atoms with E-state index in [0.29, 0.717) is 29.5 Å². The number of amides is 2. The van der Waals surface area contributed by atoms with Gasteiger partial charge in [0.1, 0.15) is 5.75 Å². The zero-order valence-electron chi connectivity index (χ0n) is 15.1. The maximum atomic E-state index is 12.3. The topological polar surface area (TPSA) is 71.5 Å². The van der Waals surface area contributed by atoms with Gasteiger partial charge in [-0.05, 0) is 30.2 Å². The number of aryl methyl sites for hydroxylation is 1. The summed E-state index contributed by atoms with van der Waals surface area (Å²) >= 11 is 6.07. The van der Waals surface area contributed by atoms with Gasteiger partial charge >= 0.3 is 0 Å². The molecule has 0 aliphatic carbocycles. The molecule has 7 heteroatoms. The first-order valence-electron chi connectivity index (χ1n) is 8.19. The van der Waals surface area contributed by atoms with E-state index < -0.39 is 0 Å². The summed E-state index contributed by atoms with van der Waals surface area (Å²) in [7, 11) is 1.52. The van der Waals surface area contributed by atoms with E-state index in [1.54, 1.807) is 29.4 Å². The summed E-state index contributed by atoms with van der Waals surface area (Å²) in [5, 5.41) is 3.38. The van der Waals surface area contributed by atoms with Gasteiger partial charge < -0.3 is 15.0 Å². The second-order valence-electron chi connectivity index (χ2n) is 5.90. The zero-order chi connectivity index (χ0) is 19.1. The number of pyridine rings is 1. The minimum Gasteiger partial charge on any atom is -0.495 e. The van der Waals surface area contributed by atoms with Crippen LogP contribution in [0.2, 0.25) is 5.02 Å². The van der Waals surface area contributed by atoms with Crippen molar-refractivity contribution in [3.05, 3.63) is 52.8 Å². The Labute approximate surface area is 158 Å². The Hall–Kier alpha value is -2.60. The molecule has 6 nitrogen and oxygen atoms in total. The Morgan fingerprint density at radius 2 is 2.12 bits per heavy atom. The first-order chi connectivity index (χ1) is 12.4. The minimum absolute atomic E-state index is 0.0958. The molecule has 0 radical (unpaired) electrons. The number of ether oxygens (including phenoxy) is 1. The number of halogens is 1. The lowest BCUT2D eigenvalue weighted by atomic mass is 10.2. The summed E-state index contributed by atoms with van der Waals surface area (Å²) in [5.74, 6) is 0.191. The highest BCUT2D eigenvalue weighted by Gasteiger charge is 2.14. The van der Waals surface area contributed by atoms with E-state index in [2.05, 4.69) is 10.3 Å². The van der Waals surface area contributed by atoms with Crippen molar-refractivity contribution >= 4 is 29.1 Å². The lowest BCUT2D eigenvalue weighted by Gasteiger charge is -2.21. The quantitative estimate of drug-likeness (QED) is 0.804. The van der Waals surface area contributed by atoms with Gasteiger partial charge in [-0.2, -0.15) is 0 Å². The van der Waals surface area contributed by atoms with Crippen LogP contribution < -0.4 is 10.1 Å².